The SMILES string of the molecule is CCCN1C(C)=NS(=O)(=O)c2cc(C(=O)NCc3ccco3)ccc21. The molecule has 8 heteroatoms. The van der Waals surface area contributed by atoms with E-state index in [0.29, 0.717) is 23.8 Å². The van der Waals surface area contributed by atoms with E-state index in [2.05, 4.69) is 9.71 Å². The fourth-order valence-electron chi connectivity index (χ4n) is 2.72. The molecule has 1 aromatic heterocycles. The monoisotopic (exact) mass is 361 g/mol. The van der Waals surface area contributed by atoms with Crippen LogP contribution in [-0.4, -0.2) is 26.7 Å². The first-order chi connectivity index (χ1) is 11.9. The number of rotatable bonds is 5. The number of hydrogen-bond acceptors (Lipinski definition) is 5. The summed E-state index contributed by atoms with van der Waals surface area (Å²) in [6, 6.07) is 8.13. The Bertz CT molecular complexity index is 917. The van der Waals surface area contributed by atoms with Crippen LogP contribution in [0.15, 0.2) is 50.3 Å². The standard InChI is InChI=1S/C17H19N3O4S/c1-3-8-20-12(2)19-25(22,23)16-10-13(6-7-15(16)20)17(21)18-11-14-5-4-9-24-14/h4-7,9-10H,3,8,11H2,1-2H3,(H,18,21). The molecule has 0 saturated heterocycles. The average molecular weight is 361 g/mol. The van der Waals surface area contributed by atoms with Crippen molar-refractivity contribution < 1.29 is 17.6 Å². The van der Waals surface area contributed by atoms with E-state index >= 15 is 0 Å². The summed E-state index contributed by atoms with van der Waals surface area (Å²) in [6.07, 6.45) is 2.37. The second-order valence-electron chi connectivity index (χ2n) is 5.71. The van der Waals surface area contributed by atoms with Gasteiger partial charge in [0.05, 0.1) is 18.5 Å². The molecule has 2 aromatic rings. The third kappa shape index (κ3) is 3.43. The molecule has 132 valence electrons. The van der Waals surface area contributed by atoms with Gasteiger partial charge >= 0.3 is 0 Å². The highest BCUT2D eigenvalue weighted by molar-refractivity contribution is 7.90. The summed E-state index contributed by atoms with van der Waals surface area (Å²) < 4.78 is 33.8. The van der Waals surface area contributed by atoms with E-state index < -0.39 is 10.0 Å². The van der Waals surface area contributed by atoms with Crippen molar-refractivity contribution >= 4 is 27.5 Å². The van der Waals surface area contributed by atoms with Gasteiger partial charge < -0.3 is 14.6 Å². The van der Waals surface area contributed by atoms with Gasteiger partial charge in [0.25, 0.3) is 15.9 Å². The van der Waals surface area contributed by atoms with Crippen molar-refractivity contribution in [1.82, 2.24) is 5.32 Å². The van der Waals surface area contributed by atoms with Crippen LogP contribution in [-0.2, 0) is 16.6 Å². The van der Waals surface area contributed by atoms with Gasteiger partial charge in [-0.2, -0.15) is 8.42 Å². The maximum absolute atomic E-state index is 12.4. The number of benzene rings is 1. The molecule has 0 spiro atoms. The largest absolute Gasteiger partial charge is 0.467 e. The van der Waals surface area contributed by atoms with E-state index in [1.807, 2.05) is 11.8 Å². The fourth-order valence-corrected chi connectivity index (χ4v) is 3.98. The third-order valence-corrected chi connectivity index (χ3v) is 5.27. The number of sulfonamides is 1. The van der Waals surface area contributed by atoms with Gasteiger partial charge in [-0.05, 0) is 43.7 Å². The lowest BCUT2D eigenvalue weighted by Crippen LogP contribution is -2.34. The van der Waals surface area contributed by atoms with Gasteiger partial charge in [0.1, 0.15) is 16.5 Å². The van der Waals surface area contributed by atoms with E-state index in [1.54, 1.807) is 31.2 Å². The Morgan fingerprint density at radius 1 is 1.32 bits per heavy atom. The summed E-state index contributed by atoms with van der Waals surface area (Å²) in [5.41, 5.74) is 0.817. The Balaban J connectivity index is 1.90. The predicted octanol–water partition coefficient (Wildman–Crippen LogP) is 2.55. The van der Waals surface area contributed by atoms with E-state index in [9.17, 15) is 13.2 Å². The topological polar surface area (TPSA) is 92.0 Å². The second-order valence-corrected chi connectivity index (χ2v) is 7.28. The molecular weight excluding hydrogens is 342 g/mol. The lowest BCUT2D eigenvalue weighted by Gasteiger charge is -2.29. The molecule has 1 amide bonds. The number of furan rings is 1. The van der Waals surface area contributed by atoms with Crippen LogP contribution in [0.4, 0.5) is 5.69 Å². The number of nitrogens with one attached hydrogen (secondary N) is 1. The number of carbonyl (C=O) groups excluding carboxylic acids is 1. The molecule has 0 radical (unpaired) electrons. The van der Waals surface area contributed by atoms with E-state index in [0.717, 1.165) is 6.42 Å². The zero-order valence-electron chi connectivity index (χ0n) is 14.0. The van der Waals surface area contributed by atoms with Crippen LogP contribution in [0.2, 0.25) is 0 Å². The van der Waals surface area contributed by atoms with Crippen molar-refractivity contribution in [3.05, 3.63) is 47.9 Å². The molecule has 3 rings (SSSR count). The Labute approximate surface area is 146 Å². The van der Waals surface area contributed by atoms with E-state index in [-0.39, 0.29) is 22.9 Å². The quantitative estimate of drug-likeness (QED) is 0.883. The van der Waals surface area contributed by atoms with Crippen molar-refractivity contribution in [2.24, 2.45) is 4.40 Å². The number of anilines is 1. The highest BCUT2D eigenvalue weighted by Gasteiger charge is 2.29. The molecule has 1 aliphatic heterocycles. The first-order valence-electron chi connectivity index (χ1n) is 7.96. The first kappa shape index (κ1) is 17.2. The van der Waals surface area contributed by atoms with Crippen molar-refractivity contribution in [1.29, 1.82) is 0 Å². The summed E-state index contributed by atoms with van der Waals surface area (Å²) in [5.74, 6) is 0.681. The second kappa shape index (κ2) is 6.72. The zero-order chi connectivity index (χ0) is 18.0. The minimum atomic E-state index is -3.81. The van der Waals surface area contributed by atoms with Gasteiger partial charge in [0.2, 0.25) is 0 Å². The number of amides is 1. The average Bonchev–Trinajstić information content (AvgIpc) is 3.09. The normalized spacial score (nSPS) is 15.4. The molecule has 1 aliphatic rings. The molecule has 0 fully saturated rings. The molecule has 0 atom stereocenters. The third-order valence-electron chi connectivity index (χ3n) is 3.88. The van der Waals surface area contributed by atoms with Crippen molar-refractivity contribution in [2.75, 3.05) is 11.4 Å². The number of fused-ring (bicyclic) bond motifs is 1. The fraction of sp³-hybridized carbons (Fsp3) is 0.294. The molecule has 2 heterocycles. The molecule has 25 heavy (non-hydrogen) atoms. The predicted molar refractivity (Wildman–Crippen MR) is 94.3 cm³/mol. The van der Waals surface area contributed by atoms with Gasteiger partial charge in [-0.25, -0.2) is 0 Å². The van der Waals surface area contributed by atoms with Crippen LogP contribution in [0.3, 0.4) is 0 Å². The van der Waals surface area contributed by atoms with E-state index in [4.69, 9.17) is 4.42 Å². The van der Waals surface area contributed by atoms with Crippen LogP contribution in [0.25, 0.3) is 0 Å². The zero-order valence-corrected chi connectivity index (χ0v) is 14.8. The van der Waals surface area contributed by atoms with Crippen LogP contribution in [0.1, 0.15) is 36.4 Å². The summed E-state index contributed by atoms with van der Waals surface area (Å²) >= 11 is 0. The van der Waals surface area contributed by atoms with Gasteiger partial charge in [0, 0.05) is 12.1 Å². The molecule has 7 nitrogen and oxygen atoms in total. The Morgan fingerprint density at radius 2 is 2.12 bits per heavy atom. The van der Waals surface area contributed by atoms with Crippen LogP contribution < -0.4 is 10.2 Å². The molecular formula is C17H19N3O4S. The van der Waals surface area contributed by atoms with Crippen molar-refractivity contribution in [2.45, 2.75) is 31.7 Å². The maximum atomic E-state index is 12.4. The van der Waals surface area contributed by atoms with Gasteiger partial charge in [0.15, 0.2) is 0 Å². The lowest BCUT2D eigenvalue weighted by atomic mass is 10.1. The maximum Gasteiger partial charge on any atom is 0.286 e. The Morgan fingerprint density at radius 3 is 2.80 bits per heavy atom. The van der Waals surface area contributed by atoms with Crippen LogP contribution in [0.5, 0.6) is 0 Å². The Hall–Kier alpha value is -2.61. The molecule has 0 saturated carbocycles. The Kier molecular flexibility index (Phi) is 4.63. The smallest absolute Gasteiger partial charge is 0.286 e. The number of amidine groups is 1. The minimum Gasteiger partial charge on any atom is -0.467 e. The first-order valence-corrected chi connectivity index (χ1v) is 9.40. The molecule has 0 bridgehead atoms. The van der Waals surface area contributed by atoms with Gasteiger partial charge in [-0.1, -0.05) is 6.92 Å². The summed E-state index contributed by atoms with van der Waals surface area (Å²) in [6.45, 7) is 4.56. The van der Waals surface area contributed by atoms with Gasteiger partial charge in [-0.15, -0.1) is 4.40 Å². The minimum absolute atomic E-state index is 0.0530. The van der Waals surface area contributed by atoms with Crippen molar-refractivity contribution in [3.8, 4) is 0 Å². The number of nitrogens with zero attached hydrogens (tertiary/aromatic N) is 2. The molecule has 0 aliphatic carbocycles. The number of carbonyl (C=O) groups is 1. The molecule has 0 unspecified atom stereocenters. The van der Waals surface area contributed by atoms with Crippen LogP contribution in [0, 0.1) is 0 Å². The van der Waals surface area contributed by atoms with Crippen molar-refractivity contribution in [3.63, 3.8) is 0 Å². The molecule has 1 N–H and O–H groups in total. The van der Waals surface area contributed by atoms with Gasteiger partial charge in [-0.3, -0.25) is 4.79 Å². The van der Waals surface area contributed by atoms with E-state index in [1.165, 1.54) is 12.3 Å². The molecule has 1 aromatic carbocycles. The lowest BCUT2D eigenvalue weighted by molar-refractivity contribution is 0.0948. The summed E-state index contributed by atoms with van der Waals surface area (Å²) in [4.78, 5) is 14.2. The highest BCUT2D eigenvalue weighted by Crippen LogP contribution is 2.32. The van der Waals surface area contributed by atoms with Crippen LogP contribution >= 0.6 is 0 Å². The summed E-state index contributed by atoms with van der Waals surface area (Å²) in [5, 5.41) is 2.70. The summed E-state index contributed by atoms with van der Waals surface area (Å²) in [7, 11) is -3.81. The highest BCUT2D eigenvalue weighted by atomic mass is 32.2. The number of hydrogen-bond donors (Lipinski definition) is 1.